The zero-order valence-corrected chi connectivity index (χ0v) is 9.48. The summed E-state index contributed by atoms with van der Waals surface area (Å²) in [4.78, 5) is 4.35. The van der Waals surface area contributed by atoms with Crippen LogP contribution in [0.25, 0.3) is 5.69 Å². The van der Waals surface area contributed by atoms with Crippen LogP contribution in [0.15, 0.2) is 36.8 Å². The van der Waals surface area contributed by atoms with Gasteiger partial charge in [0, 0.05) is 16.9 Å². The van der Waals surface area contributed by atoms with Crippen molar-refractivity contribution in [1.29, 1.82) is 0 Å². The Labute approximate surface area is 98.9 Å². The van der Waals surface area contributed by atoms with Crippen LogP contribution < -0.4 is 5.73 Å². The van der Waals surface area contributed by atoms with Crippen LogP contribution >= 0.6 is 11.6 Å². The molecule has 0 atom stereocenters. The van der Waals surface area contributed by atoms with E-state index in [-0.39, 0.29) is 5.54 Å². The maximum atomic E-state index is 6.09. The standard InChI is InChI=1S/C12H12ClN3/c13-9-1-3-10(4-2-9)16-7-11(15-8-16)12(14)5-6-12/h1-4,7-8H,5-6,14H2. The van der Waals surface area contributed by atoms with E-state index in [1.54, 1.807) is 6.33 Å². The molecule has 3 nitrogen and oxygen atoms in total. The van der Waals surface area contributed by atoms with E-state index >= 15 is 0 Å². The van der Waals surface area contributed by atoms with E-state index in [0.717, 1.165) is 29.2 Å². The number of nitrogens with two attached hydrogens (primary N) is 1. The highest BCUT2D eigenvalue weighted by Gasteiger charge is 2.42. The Hall–Kier alpha value is -1.32. The third-order valence-electron chi connectivity index (χ3n) is 3.01. The minimum Gasteiger partial charge on any atom is -0.320 e. The second kappa shape index (κ2) is 3.34. The van der Waals surface area contributed by atoms with Gasteiger partial charge in [0.2, 0.25) is 0 Å². The summed E-state index contributed by atoms with van der Waals surface area (Å²) in [5, 5.41) is 0.738. The number of halogens is 1. The summed E-state index contributed by atoms with van der Waals surface area (Å²) in [6, 6.07) is 7.66. The summed E-state index contributed by atoms with van der Waals surface area (Å²) in [5.74, 6) is 0. The number of nitrogens with zero attached hydrogens (tertiary/aromatic N) is 2. The molecule has 0 saturated heterocycles. The Morgan fingerprint density at radius 2 is 1.94 bits per heavy atom. The molecular weight excluding hydrogens is 222 g/mol. The van der Waals surface area contributed by atoms with Gasteiger partial charge < -0.3 is 10.3 Å². The first kappa shape index (κ1) is 9.87. The van der Waals surface area contributed by atoms with Crippen molar-refractivity contribution in [2.75, 3.05) is 0 Å². The second-order valence-corrected chi connectivity index (χ2v) is 4.74. The van der Waals surface area contributed by atoms with Crippen LogP contribution in [0, 0.1) is 0 Å². The highest BCUT2D eigenvalue weighted by Crippen LogP contribution is 2.41. The predicted octanol–water partition coefficient (Wildman–Crippen LogP) is 2.47. The number of imidazole rings is 1. The Morgan fingerprint density at radius 1 is 1.25 bits per heavy atom. The third-order valence-corrected chi connectivity index (χ3v) is 3.26. The molecule has 0 unspecified atom stereocenters. The van der Waals surface area contributed by atoms with Gasteiger partial charge >= 0.3 is 0 Å². The van der Waals surface area contributed by atoms with E-state index in [4.69, 9.17) is 17.3 Å². The molecule has 0 bridgehead atoms. The van der Waals surface area contributed by atoms with E-state index in [1.807, 2.05) is 35.0 Å². The lowest BCUT2D eigenvalue weighted by molar-refractivity contribution is 0.713. The molecular formula is C12H12ClN3. The van der Waals surface area contributed by atoms with Gasteiger partial charge in [-0.25, -0.2) is 4.98 Å². The van der Waals surface area contributed by atoms with Crippen LogP contribution in [0.4, 0.5) is 0 Å². The number of hydrogen-bond donors (Lipinski definition) is 1. The summed E-state index contributed by atoms with van der Waals surface area (Å²) in [6.45, 7) is 0. The summed E-state index contributed by atoms with van der Waals surface area (Å²) < 4.78 is 1.97. The van der Waals surface area contributed by atoms with Crippen molar-refractivity contribution >= 4 is 11.6 Å². The van der Waals surface area contributed by atoms with Crippen LogP contribution in [0.3, 0.4) is 0 Å². The molecule has 0 radical (unpaired) electrons. The zero-order valence-electron chi connectivity index (χ0n) is 8.73. The topological polar surface area (TPSA) is 43.8 Å². The number of rotatable bonds is 2. The van der Waals surface area contributed by atoms with Gasteiger partial charge in [-0.05, 0) is 37.1 Å². The second-order valence-electron chi connectivity index (χ2n) is 4.30. The molecule has 1 aliphatic carbocycles. The van der Waals surface area contributed by atoms with E-state index in [2.05, 4.69) is 4.98 Å². The molecule has 16 heavy (non-hydrogen) atoms. The van der Waals surface area contributed by atoms with Crippen LogP contribution in [-0.2, 0) is 5.54 Å². The van der Waals surface area contributed by atoms with Crippen molar-refractivity contribution in [2.45, 2.75) is 18.4 Å². The molecule has 1 saturated carbocycles. The SMILES string of the molecule is NC1(c2cn(-c3ccc(Cl)cc3)cn2)CC1. The van der Waals surface area contributed by atoms with Crippen molar-refractivity contribution < 1.29 is 0 Å². The normalized spacial score (nSPS) is 17.4. The van der Waals surface area contributed by atoms with Crippen LogP contribution in [0.1, 0.15) is 18.5 Å². The molecule has 0 amide bonds. The van der Waals surface area contributed by atoms with Crippen molar-refractivity contribution in [2.24, 2.45) is 5.73 Å². The highest BCUT2D eigenvalue weighted by atomic mass is 35.5. The number of hydrogen-bond acceptors (Lipinski definition) is 2. The lowest BCUT2D eigenvalue weighted by Gasteiger charge is -2.03. The summed E-state index contributed by atoms with van der Waals surface area (Å²) in [6.07, 6.45) is 5.86. The molecule has 1 fully saturated rings. The minimum atomic E-state index is -0.169. The smallest absolute Gasteiger partial charge is 0.0996 e. The zero-order chi connectivity index (χ0) is 11.2. The summed E-state index contributed by atoms with van der Waals surface area (Å²) in [7, 11) is 0. The van der Waals surface area contributed by atoms with E-state index in [9.17, 15) is 0 Å². The fourth-order valence-corrected chi connectivity index (χ4v) is 1.85. The fourth-order valence-electron chi connectivity index (χ4n) is 1.73. The number of aromatic nitrogens is 2. The van der Waals surface area contributed by atoms with E-state index in [0.29, 0.717) is 0 Å². The van der Waals surface area contributed by atoms with Gasteiger partial charge in [-0.1, -0.05) is 11.6 Å². The maximum absolute atomic E-state index is 6.09. The molecule has 0 aliphatic heterocycles. The highest BCUT2D eigenvalue weighted by molar-refractivity contribution is 6.30. The van der Waals surface area contributed by atoms with Gasteiger partial charge in [0.1, 0.15) is 0 Å². The predicted molar refractivity (Wildman–Crippen MR) is 63.7 cm³/mol. The minimum absolute atomic E-state index is 0.169. The molecule has 1 aliphatic rings. The quantitative estimate of drug-likeness (QED) is 0.866. The summed E-state index contributed by atoms with van der Waals surface area (Å²) in [5.41, 5.74) is 7.94. The molecule has 1 aromatic carbocycles. The first-order valence-corrected chi connectivity index (χ1v) is 5.64. The van der Waals surface area contributed by atoms with Crippen molar-refractivity contribution in [3.05, 3.63) is 47.5 Å². The molecule has 1 heterocycles. The van der Waals surface area contributed by atoms with E-state index < -0.39 is 0 Å². The largest absolute Gasteiger partial charge is 0.320 e. The lowest BCUT2D eigenvalue weighted by Crippen LogP contribution is -2.18. The van der Waals surface area contributed by atoms with Gasteiger partial charge in [-0.3, -0.25) is 0 Å². The molecule has 4 heteroatoms. The van der Waals surface area contributed by atoms with Gasteiger partial charge in [-0.15, -0.1) is 0 Å². The van der Waals surface area contributed by atoms with Crippen LogP contribution in [-0.4, -0.2) is 9.55 Å². The van der Waals surface area contributed by atoms with Gasteiger partial charge in [-0.2, -0.15) is 0 Å². The molecule has 3 rings (SSSR count). The van der Waals surface area contributed by atoms with Gasteiger partial charge in [0.25, 0.3) is 0 Å². The average molecular weight is 234 g/mol. The Balaban J connectivity index is 1.95. The van der Waals surface area contributed by atoms with Crippen LogP contribution in [0.5, 0.6) is 0 Å². The van der Waals surface area contributed by atoms with Crippen molar-refractivity contribution in [3.8, 4) is 5.69 Å². The van der Waals surface area contributed by atoms with Crippen molar-refractivity contribution in [1.82, 2.24) is 9.55 Å². The molecule has 82 valence electrons. The maximum Gasteiger partial charge on any atom is 0.0996 e. The first-order valence-electron chi connectivity index (χ1n) is 5.27. The van der Waals surface area contributed by atoms with Crippen LogP contribution in [0.2, 0.25) is 5.02 Å². The lowest BCUT2D eigenvalue weighted by atomic mass is 10.2. The van der Waals surface area contributed by atoms with Gasteiger partial charge in [0.05, 0.1) is 17.6 Å². The van der Waals surface area contributed by atoms with Crippen molar-refractivity contribution in [3.63, 3.8) is 0 Å². The molecule has 2 N–H and O–H groups in total. The Morgan fingerprint density at radius 3 is 2.56 bits per heavy atom. The Bertz CT molecular complexity index is 511. The number of benzene rings is 1. The van der Waals surface area contributed by atoms with E-state index in [1.165, 1.54) is 0 Å². The van der Waals surface area contributed by atoms with Gasteiger partial charge in [0.15, 0.2) is 0 Å². The third kappa shape index (κ3) is 1.62. The average Bonchev–Trinajstić information content (AvgIpc) is 2.84. The molecule has 1 aromatic heterocycles. The fraction of sp³-hybridized carbons (Fsp3) is 0.250. The summed E-state index contributed by atoms with van der Waals surface area (Å²) >= 11 is 5.84. The Kier molecular flexibility index (Phi) is 2.06. The molecule has 0 spiro atoms. The molecule has 2 aromatic rings. The first-order chi connectivity index (χ1) is 7.67. The monoisotopic (exact) mass is 233 g/mol.